The molecule has 21 heavy (non-hydrogen) atoms. The van der Waals surface area contributed by atoms with Gasteiger partial charge < -0.3 is 10.1 Å². The van der Waals surface area contributed by atoms with Crippen LogP contribution in [0.25, 0.3) is 0 Å². The van der Waals surface area contributed by atoms with Crippen LogP contribution in [-0.4, -0.2) is 6.61 Å². The zero-order valence-electron chi connectivity index (χ0n) is 12.4. The van der Waals surface area contributed by atoms with Crippen LogP contribution < -0.4 is 10.1 Å². The normalized spacial score (nSPS) is 12.0. The molecule has 0 aromatic heterocycles. The zero-order valence-corrected chi connectivity index (χ0v) is 13.9. The van der Waals surface area contributed by atoms with Crippen LogP contribution in [0.2, 0.25) is 10.0 Å². The van der Waals surface area contributed by atoms with Crippen molar-refractivity contribution in [2.75, 3.05) is 11.9 Å². The van der Waals surface area contributed by atoms with Gasteiger partial charge in [-0.3, -0.25) is 0 Å². The lowest BCUT2D eigenvalue weighted by Crippen LogP contribution is -2.08. The van der Waals surface area contributed by atoms with Gasteiger partial charge in [0.1, 0.15) is 5.75 Å². The summed E-state index contributed by atoms with van der Waals surface area (Å²) in [4.78, 5) is 0. The number of ether oxygens (including phenoxy) is 1. The molecular formula is C17H19Cl2NO. The Hall–Kier alpha value is -1.38. The van der Waals surface area contributed by atoms with Gasteiger partial charge >= 0.3 is 0 Å². The second-order valence-electron chi connectivity index (χ2n) is 4.94. The number of benzene rings is 2. The van der Waals surface area contributed by atoms with Crippen molar-refractivity contribution in [2.45, 2.75) is 26.8 Å². The van der Waals surface area contributed by atoms with E-state index in [0.29, 0.717) is 16.7 Å². The monoisotopic (exact) mass is 323 g/mol. The second-order valence-corrected chi connectivity index (χ2v) is 5.79. The highest BCUT2D eigenvalue weighted by molar-refractivity contribution is 6.35. The van der Waals surface area contributed by atoms with Crippen LogP contribution >= 0.6 is 23.2 Å². The number of anilines is 1. The Morgan fingerprint density at radius 1 is 1.14 bits per heavy atom. The summed E-state index contributed by atoms with van der Waals surface area (Å²) in [5, 5.41) is 4.79. The van der Waals surface area contributed by atoms with Gasteiger partial charge in [0.2, 0.25) is 0 Å². The third-order valence-electron chi connectivity index (χ3n) is 3.31. The van der Waals surface area contributed by atoms with Crippen molar-refractivity contribution in [2.24, 2.45) is 0 Å². The standard InChI is InChI=1S/C17H19Cl2NO/c1-4-21-14-6-8-17(11(2)9-14)20-12(3)15-7-5-13(18)10-16(15)19/h5-10,12,20H,4H2,1-3H3. The minimum absolute atomic E-state index is 0.0893. The third-order valence-corrected chi connectivity index (χ3v) is 3.87. The van der Waals surface area contributed by atoms with Crippen molar-refractivity contribution in [3.8, 4) is 5.75 Å². The number of hydrogen-bond acceptors (Lipinski definition) is 2. The molecule has 2 rings (SSSR count). The van der Waals surface area contributed by atoms with E-state index < -0.39 is 0 Å². The molecule has 0 saturated heterocycles. The van der Waals surface area contributed by atoms with Crippen LogP contribution in [0.4, 0.5) is 5.69 Å². The van der Waals surface area contributed by atoms with E-state index in [-0.39, 0.29) is 6.04 Å². The molecular weight excluding hydrogens is 305 g/mol. The van der Waals surface area contributed by atoms with Gasteiger partial charge in [-0.15, -0.1) is 0 Å². The van der Waals surface area contributed by atoms with Gasteiger partial charge in [0.25, 0.3) is 0 Å². The van der Waals surface area contributed by atoms with Crippen LogP contribution in [-0.2, 0) is 0 Å². The lowest BCUT2D eigenvalue weighted by Gasteiger charge is -2.19. The maximum absolute atomic E-state index is 6.25. The molecule has 1 N–H and O–H groups in total. The Kier molecular flexibility index (Phi) is 5.38. The first-order valence-corrected chi connectivity index (χ1v) is 7.71. The first kappa shape index (κ1) is 16.0. The minimum Gasteiger partial charge on any atom is -0.494 e. The fourth-order valence-electron chi connectivity index (χ4n) is 2.22. The van der Waals surface area contributed by atoms with Crippen molar-refractivity contribution in [1.29, 1.82) is 0 Å². The molecule has 0 amide bonds. The molecule has 0 aliphatic carbocycles. The smallest absolute Gasteiger partial charge is 0.119 e. The minimum atomic E-state index is 0.0893. The Labute approximate surface area is 136 Å². The molecule has 0 radical (unpaired) electrons. The van der Waals surface area contributed by atoms with Crippen LogP contribution in [0, 0.1) is 6.92 Å². The molecule has 112 valence electrons. The fourth-order valence-corrected chi connectivity index (χ4v) is 2.79. The van der Waals surface area contributed by atoms with Crippen molar-refractivity contribution >= 4 is 28.9 Å². The molecule has 4 heteroatoms. The number of rotatable bonds is 5. The Bertz CT molecular complexity index is 628. The first-order valence-electron chi connectivity index (χ1n) is 6.96. The van der Waals surface area contributed by atoms with Crippen LogP contribution in [0.5, 0.6) is 5.75 Å². The molecule has 0 saturated carbocycles. The Balaban J connectivity index is 2.17. The predicted octanol–water partition coefficient (Wildman–Crippen LogP) is 5.87. The molecule has 0 heterocycles. The molecule has 2 aromatic carbocycles. The molecule has 0 aliphatic rings. The summed E-state index contributed by atoms with van der Waals surface area (Å²) in [6.45, 7) is 6.78. The van der Waals surface area contributed by atoms with E-state index in [0.717, 1.165) is 22.6 Å². The molecule has 2 nitrogen and oxygen atoms in total. The van der Waals surface area contributed by atoms with Crippen molar-refractivity contribution in [3.63, 3.8) is 0 Å². The summed E-state index contributed by atoms with van der Waals surface area (Å²) < 4.78 is 5.50. The van der Waals surface area contributed by atoms with Gasteiger partial charge in [0.15, 0.2) is 0 Å². The third kappa shape index (κ3) is 4.05. The van der Waals surface area contributed by atoms with E-state index in [1.165, 1.54) is 0 Å². The summed E-state index contributed by atoms with van der Waals surface area (Å²) in [7, 11) is 0. The average molecular weight is 324 g/mol. The number of aryl methyl sites for hydroxylation is 1. The van der Waals surface area contributed by atoms with Crippen molar-refractivity contribution < 1.29 is 4.74 Å². The van der Waals surface area contributed by atoms with Gasteiger partial charge in [0, 0.05) is 15.7 Å². The summed E-state index contributed by atoms with van der Waals surface area (Å²) in [5.41, 5.74) is 3.23. The maximum Gasteiger partial charge on any atom is 0.119 e. The largest absolute Gasteiger partial charge is 0.494 e. The van der Waals surface area contributed by atoms with E-state index in [4.69, 9.17) is 27.9 Å². The summed E-state index contributed by atoms with van der Waals surface area (Å²) in [6, 6.07) is 11.7. The lowest BCUT2D eigenvalue weighted by molar-refractivity contribution is 0.340. The van der Waals surface area contributed by atoms with Gasteiger partial charge in [0.05, 0.1) is 12.6 Å². The van der Waals surface area contributed by atoms with Gasteiger partial charge in [-0.2, -0.15) is 0 Å². The molecule has 0 bridgehead atoms. The quantitative estimate of drug-likeness (QED) is 0.742. The van der Waals surface area contributed by atoms with E-state index >= 15 is 0 Å². The van der Waals surface area contributed by atoms with E-state index in [1.54, 1.807) is 6.07 Å². The number of halogens is 2. The van der Waals surface area contributed by atoms with E-state index in [1.807, 2.05) is 37.3 Å². The number of hydrogen-bond donors (Lipinski definition) is 1. The van der Waals surface area contributed by atoms with E-state index in [9.17, 15) is 0 Å². The topological polar surface area (TPSA) is 21.3 Å². The SMILES string of the molecule is CCOc1ccc(NC(C)c2ccc(Cl)cc2Cl)c(C)c1. The van der Waals surface area contributed by atoms with E-state index in [2.05, 4.69) is 19.2 Å². The molecule has 2 aromatic rings. The highest BCUT2D eigenvalue weighted by Gasteiger charge is 2.11. The Morgan fingerprint density at radius 2 is 1.90 bits per heavy atom. The van der Waals surface area contributed by atoms with Crippen LogP contribution in [0.15, 0.2) is 36.4 Å². The van der Waals surface area contributed by atoms with Gasteiger partial charge in [-0.1, -0.05) is 29.3 Å². The lowest BCUT2D eigenvalue weighted by atomic mass is 10.1. The molecule has 1 atom stereocenters. The van der Waals surface area contributed by atoms with Crippen molar-refractivity contribution in [3.05, 3.63) is 57.6 Å². The predicted molar refractivity (Wildman–Crippen MR) is 90.8 cm³/mol. The Morgan fingerprint density at radius 3 is 2.52 bits per heavy atom. The summed E-state index contributed by atoms with van der Waals surface area (Å²) in [6.07, 6.45) is 0. The highest BCUT2D eigenvalue weighted by atomic mass is 35.5. The molecule has 0 spiro atoms. The van der Waals surface area contributed by atoms with Gasteiger partial charge in [-0.25, -0.2) is 0 Å². The van der Waals surface area contributed by atoms with Crippen LogP contribution in [0.3, 0.4) is 0 Å². The molecule has 0 fully saturated rings. The van der Waals surface area contributed by atoms with Crippen LogP contribution in [0.1, 0.15) is 31.0 Å². The second kappa shape index (κ2) is 7.06. The fraction of sp³-hybridized carbons (Fsp3) is 0.294. The molecule has 1 unspecified atom stereocenters. The summed E-state index contributed by atoms with van der Waals surface area (Å²) in [5.74, 6) is 0.887. The first-order chi connectivity index (χ1) is 10.0. The zero-order chi connectivity index (χ0) is 15.4. The van der Waals surface area contributed by atoms with Gasteiger partial charge in [-0.05, 0) is 62.2 Å². The number of nitrogens with one attached hydrogen (secondary N) is 1. The maximum atomic E-state index is 6.25. The molecule has 0 aliphatic heterocycles. The summed E-state index contributed by atoms with van der Waals surface area (Å²) >= 11 is 12.2. The highest BCUT2D eigenvalue weighted by Crippen LogP contribution is 2.30. The van der Waals surface area contributed by atoms with Crippen molar-refractivity contribution in [1.82, 2.24) is 0 Å². The average Bonchev–Trinajstić information content (AvgIpc) is 2.42.